The molecule has 150 valence electrons. The first-order valence-corrected chi connectivity index (χ1v) is 12.4. The molecule has 1 aliphatic rings. The summed E-state index contributed by atoms with van der Waals surface area (Å²) in [7, 11) is -3.35. The molecule has 1 atom stereocenters. The number of aromatic nitrogens is 1. The molecule has 1 N–H and O–H groups in total. The lowest BCUT2D eigenvalue weighted by Crippen LogP contribution is -2.34. The van der Waals surface area contributed by atoms with Crippen LogP contribution < -0.4 is 9.62 Å². The van der Waals surface area contributed by atoms with E-state index in [0.717, 1.165) is 21.3 Å². The van der Waals surface area contributed by atoms with Crippen LogP contribution in [-0.2, 0) is 16.4 Å². The van der Waals surface area contributed by atoms with E-state index < -0.39 is 10.0 Å². The first-order valence-electron chi connectivity index (χ1n) is 8.87. The Balaban J connectivity index is 1.54. The molecule has 2 aromatic carbocycles. The van der Waals surface area contributed by atoms with Gasteiger partial charge < -0.3 is 0 Å². The van der Waals surface area contributed by atoms with Crippen molar-refractivity contribution in [3.05, 3.63) is 63.4 Å². The number of hydrogen-bond donors (Lipinski definition) is 1. The highest BCUT2D eigenvalue weighted by Gasteiger charge is 2.32. The third kappa shape index (κ3) is 4.08. The van der Waals surface area contributed by atoms with E-state index >= 15 is 0 Å². The summed E-state index contributed by atoms with van der Waals surface area (Å²) < 4.78 is 26.5. The number of sulfonamides is 1. The first kappa shape index (κ1) is 20.1. The predicted octanol–water partition coefficient (Wildman–Crippen LogP) is 4.54. The fourth-order valence-electron chi connectivity index (χ4n) is 3.53. The Kier molecular flexibility index (Phi) is 5.22. The number of nitrogens with zero attached hydrogens (tertiary/aromatic N) is 2. The SMILES string of the molecule is CC1Cc2cc(C(=O)Nc3nc(-c4cccc(Br)c4)cs3)ccc2N1S(C)(=O)=O. The van der Waals surface area contributed by atoms with Crippen LogP contribution in [0.2, 0.25) is 0 Å². The van der Waals surface area contributed by atoms with Crippen molar-refractivity contribution >= 4 is 54.0 Å². The smallest absolute Gasteiger partial charge is 0.257 e. The largest absolute Gasteiger partial charge is 0.298 e. The Hall–Kier alpha value is -2.23. The van der Waals surface area contributed by atoms with Crippen LogP contribution in [0, 0.1) is 0 Å². The van der Waals surface area contributed by atoms with E-state index in [1.165, 1.54) is 21.9 Å². The van der Waals surface area contributed by atoms with Crippen LogP contribution in [0.4, 0.5) is 10.8 Å². The Morgan fingerprint density at radius 1 is 1.28 bits per heavy atom. The van der Waals surface area contributed by atoms with Gasteiger partial charge in [0.1, 0.15) is 0 Å². The molecule has 1 amide bonds. The third-order valence-electron chi connectivity index (χ3n) is 4.70. The van der Waals surface area contributed by atoms with Crippen molar-refractivity contribution in [1.29, 1.82) is 0 Å². The van der Waals surface area contributed by atoms with E-state index in [1.807, 2.05) is 36.6 Å². The van der Waals surface area contributed by atoms with Crippen molar-refractivity contribution in [3.8, 4) is 11.3 Å². The second-order valence-corrected chi connectivity index (χ2v) is 10.6. The maximum absolute atomic E-state index is 12.7. The van der Waals surface area contributed by atoms with Gasteiger partial charge in [-0.3, -0.25) is 14.4 Å². The Labute approximate surface area is 181 Å². The van der Waals surface area contributed by atoms with Gasteiger partial charge >= 0.3 is 0 Å². The molecule has 0 saturated carbocycles. The molecule has 3 aromatic rings. The quantitative estimate of drug-likeness (QED) is 0.580. The van der Waals surface area contributed by atoms with Gasteiger partial charge in [-0.25, -0.2) is 13.4 Å². The van der Waals surface area contributed by atoms with Gasteiger partial charge in [-0.05, 0) is 49.2 Å². The number of hydrogen-bond acceptors (Lipinski definition) is 5. The maximum Gasteiger partial charge on any atom is 0.257 e. The van der Waals surface area contributed by atoms with Gasteiger partial charge in [-0.1, -0.05) is 28.1 Å². The molecule has 0 saturated heterocycles. The zero-order chi connectivity index (χ0) is 20.8. The van der Waals surface area contributed by atoms with E-state index in [1.54, 1.807) is 18.2 Å². The molecule has 1 aliphatic heterocycles. The van der Waals surface area contributed by atoms with Crippen LogP contribution in [-0.4, -0.2) is 31.6 Å². The zero-order valence-electron chi connectivity index (χ0n) is 15.7. The summed E-state index contributed by atoms with van der Waals surface area (Å²) >= 11 is 4.80. The van der Waals surface area contributed by atoms with Crippen molar-refractivity contribution in [2.24, 2.45) is 0 Å². The van der Waals surface area contributed by atoms with Gasteiger partial charge in [0.05, 0.1) is 17.6 Å². The number of carbonyl (C=O) groups excluding carboxylic acids is 1. The van der Waals surface area contributed by atoms with Gasteiger partial charge in [-0.2, -0.15) is 0 Å². The van der Waals surface area contributed by atoms with Crippen LogP contribution in [0.1, 0.15) is 22.8 Å². The summed E-state index contributed by atoms with van der Waals surface area (Å²) in [6.07, 6.45) is 1.78. The Morgan fingerprint density at radius 2 is 2.07 bits per heavy atom. The molecule has 1 aromatic heterocycles. The predicted molar refractivity (Wildman–Crippen MR) is 120 cm³/mol. The molecule has 0 fully saturated rings. The second-order valence-electron chi connectivity index (χ2n) is 6.96. The minimum absolute atomic E-state index is 0.162. The molecule has 29 heavy (non-hydrogen) atoms. The Bertz CT molecular complexity index is 1210. The van der Waals surface area contributed by atoms with Crippen molar-refractivity contribution in [2.45, 2.75) is 19.4 Å². The number of thiazole rings is 1. The van der Waals surface area contributed by atoms with Crippen LogP contribution in [0.5, 0.6) is 0 Å². The number of anilines is 2. The minimum atomic E-state index is -3.35. The first-order chi connectivity index (χ1) is 13.7. The van der Waals surface area contributed by atoms with E-state index in [-0.39, 0.29) is 11.9 Å². The molecule has 9 heteroatoms. The lowest BCUT2D eigenvalue weighted by Gasteiger charge is -2.21. The molecule has 4 rings (SSSR count). The number of carbonyl (C=O) groups is 1. The van der Waals surface area contributed by atoms with Crippen LogP contribution in [0.3, 0.4) is 0 Å². The lowest BCUT2D eigenvalue weighted by molar-refractivity contribution is 0.102. The number of halogens is 1. The highest BCUT2D eigenvalue weighted by atomic mass is 79.9. The molecular weight excluding hydrogens is 474 g/mol. The standard InChI is InChI=1S/C20H18BrN3O3S2/c1-12-8-15-9-14(6-7-18(15)24(12)29(2,26)27)19(25)23-20-22-17(11-28-20)13-4-3-5-16(21)10-13/h3-7,9-12H,8H2,1-2H3,(H,22,23,25). The normalized spacial score (nSPS) is 16.0. The monoisotopic (exact) mass is 491 g/mol. The van der Waals surface area contributed by atoms with E-state index in [4.69, 9.17) is 0 Å². The fraction of sp³-hybridized carbons (Fsp3) is 0.200. The van der Waals surface area contributed by atoms with Crippen LogP contribution >= 0.6 is 27.3 Å². The summed E-state index contributed by atoms with van der Waals surface area (Å²) in [6, 6.07) is 12.7. The number of rotatable bonds is 4. The summed E-state index contributed by atoms with van der Waals surface area (Å²) in [5.41, 5.74) is 3.72. The number of nitrogens with one attached hydrogen (secondary N) is 1. The molecule has 0 spiro atoms. The van der Waals surface area contributed by atoms with Crippen molar-refractivity contribution in [1.82, 2.24) is 4.98 Å². The van der Waals surface area contributed by atoms with E-state index in [2.05, 4.69) is 26.2 Å². The number of fused-ring (bicyclic) bond motifs is 1. The molecule has 1 unspecified atom stereocenters. The molecular formula is C20H18BrN3O3S2. The summed E-state index contributed by atoms with van der Waals surface area (Å²) in [6.45, 7) is 1.86. The molecule has 0 aliphatic carbocycles. The fourth-order valence-corrected chi connectivity index (χ4v) is 5.91. The molecule has 0 radical (unpaired) electrons. The highest BCUT2D eigenvalue weighted by Crippen LogP contribution is 2.35. The average Bonchev–Trinajstić information content (AvgIpc) is 3.23. The van der Waals surface area contributed by atoms with Crippen molar-refractivity contribution in [3.63, 3.8) is 0 Å². The van der Waals surface area contributed by atoms with Gasteiger partial charge in [0, 0.05) is 27.0 Å². The third-order valence-corrected chi connectivity index (χ3v) is 7.22. The summed E-state index contributed by atoms with van der Waals surface area (Å²) in [4.78, 5) is 17.2. The van der Waals surface area contributed by atoms with Gasteiger partial charge in [0.25, 0.3) is 5.91 Å². The zero-order valence-corrected chi connectivity index (χ0v) is 18.9. The summed E-state index contributed by atoms with van der Waals surface area (Å²) in [5.74, 6) is -0.270. The number of amides is 1. The van der Waals surface area contributed by atoms with Gasteiger partial charge in [-0.15, -0.1) is 11.3 Å². The topological polar surface area (TPSA) is 79.4 Å². The molecule has 6 nitrogen and oxygen atoms in total. The average molecular weight is 492 g/mol. The minimum Gasteiger partial charge on any atom is -0.298 e. The molecule has 2 heterocycles. The van der Waals surface area contributed by atoms with Crippen molar-refractivity contribution in [2.75, 3.05) is 15.9 Å². The van der Waals surface area contributed by atoms with Crippen molar-refractivity contribution < 1.29 is 13.2 Å². The van der Waals surface area contributed by atoms with E-state index in [9.17, 15) is 13.2 Å². The maximum atomic E-state index is 12.7. The van der Waals surface area contributed by atoms with E-state index in [0.29, 0.717) is 22.8 Å². The second kappa shape index (κ2) is 7.55. The highest BCUT2D eigenvalue weighted by molar-refractivity contribution is 9.10. The Morgan fingerprint density at radius 3 is 2.79 bits per heavy atom. The van der Waals surface area contributed by atoms with Gasteiger partial charge in [0.2, 0.25) is 10.0 Å². The van der Waals surface area contributed by atoms with Crippen LogP contribution in [0.15, 0.2) is 52.3 Å². The summed E-state index contributed by atoms with van der Waals surface area (Å²) in [5, 5.41) is 5.24. The number of benzene rings is 2. The van der Waals surface area contributed by atoms with Gasteiger partial charge in [0.15, 0.2) is 5.13 Å². The van der Waals surface area contributed by atoms with Crippen LogP contribution in [0.25, 0.3) is 11.3 Å². The molecule has 0 bridgehead atoms. The lowest BCUT2D eigenvalue weighted by atomic mass is 10.1.